The molecule has 0 bridgehead atoms. The molecule has 0 saturated heterocycles. The lowest BCUT2D eigenvalue weighted by molar-refractivity contribution is -0.132. The SMILES string of the molecule is CCc1cccc(CC)c1NC(=O)C1(C(=O)N(C)c2ccccc2)CC1. The summed E-state index contributed by atoms with van der Waals surface area (Å²) in [7, 11) is 1.74. The van der Waals surface area contributed by atoms with Gasteiger partial charge < -0.3 is 10.2 Å². The van der Waals surface area contributed by atoms with Crippen molar-refractivity contribution < 1.29 is 9.59 Å². The van der Waals surface area contributed by atoms with Gasteiger partial charge in [0.25, 0.3) is 0 Å². The fourth-order valence-electron chi connectivity index (χ4n) is 3.39. The van der Waals surface area contributed by atoms with E-state index in [9.17, 15) is 9.59 Å². The molecule has 1 aliphatic carbocycles. The number of nitrogens with zero attached hydrogens (tertiary/aromatic N) is 1. The normalized spacial score (nSPS) is 14.6. The van der Waals surface area contributed by atoms with Crippen LogP contribution in [0.25, 0.3) is 0 Å². The highest BCUT2D eigenvalue weighted by atomic mass is 16.2. The van der Waals surface area contributed by atoms with Crippen LogP contribution in [0.4, 0.5) is 11.4 Å². The Bertz CT molecular complexity index is 788. The standard InChI is InChI=1S/C22H26N2O2/c1-4-16-10-9-11-17(5-2)19(16)23-20(25)22(14-15-22)21(26)24(3)18-12-7-6-8-13-18/h6-13H,4-5,14-15H2,1-3H3,(H,23,25). The van der Waals surface area contributed by atoms with Gasteiger partial charge in [-0.2, -0.15) is 0 Å². The molecule has 0 aliphatic heterocycles. The molecule has 0 unspecified atom stereocenters. The number of carbonyl (C=O) groups is 2. The van der Waals surface area contributed by atoms with Crippen molar-refractivity contribution in [2.75, 3.05) is 17.3 Å². The first-order chi connectivity index (χ1) is 12.5. The van der Waals surface area contributed by atoms with Gasteiger partial charge in [0.1, 0.15) is 5.41 Å². The van der Waals surface area contributed by atoms with E-state index in [4.69, 9.17) is 0 Å². The minimum absolute atomic E-state index is 0.131. The van der Waals surface area contributed by atoms with E-state index in [1.807, 2.05) is 48.5 Å². The second-order valence-corrected chi connectivity index (χ2v) is 6.89. The summed E-state index contributed by atoms with van der Waals surface area (Å²) in [6, 6.07) is 15.6. The van der Waals surface area contributed by atoms with Gasteiger partial charge in [-0.05, 0) is 48.9 Å². The van der Waals surface area contributed by atoms with Gasteiger partial charge in [0.2, 0.25) is 11.8 Å². The monoisotopic (exact) mass is 350 g/mol. The van der Waals surface area contributed by atoms with Crippen molar-refractivity contribution in [2.24, 2.45) is 5.41 Å². The van der Waals surface area contributed by atoms with Crippen LogP contribution in [0, 0.1) is 5.41 Å². The average Bonchev–Trinajstić information content (AvgIpc) is 3.49. The maximum atomic E-state index is 13.1. The fourth-order valence-corrected chi connectivity index (χ4v) is 3.39. The first-order valence-electron chi connectivity index (χ1n) is 9.29. The van der Waals surface area contributed by atoms with E-state index in [1.54, 1.807) is 11.9 Å². The van der Waals surface area contributed by atoms with E-state index in [-0.39, 0.29) is 11.8 Å². The minimum atomic E-state index is -0.934. The summed E-state index contributed by atoms with van der Waals surface area (Å²) >= 11 is 0. The van der Waals surface area contributed by atoms with Gasteiger partial charge in [-0.25, -0.2) is 0 Å². The van der Waals surface area contributed by atoms with Crippen LogP contribution in [0.3, 0.4) is 0 Å². The van der Waals surface area contributed by atoms with E-state index in [0.717, 1.165) is 35.3 Å². The molecular weight excluding hydrogens is 324 g/mol. The Balaban J connectivity index is 1.83. The van der Waals surface area contributed by atoms with Crippen molar-refractivity contribution in [2.45, 2.75) is 39.5 Å². The Morgan fingerprint density at radius 3 is 2.04 bits per heavy atom. The highest BCUT2D eigenvalue weighted by molar-refractivity contribution is 6.17. The molecule has 1 aliphatic rings. The lowest BCUT2D eigenvalue weighted by Crippen LogP contribution is -2.41. The molecule has 3 rings (SSSR count). The molecule has 4 nitrogen and oxygen atoms in total. The van der Waals surface area contributed by atoms with E-state index in [0.29, 0.717) is 12.8 Å². The largest absolute Gasteiger partial charge is 0.325 e. The Labute approximate surface area is 155 Å². The molecule has 0 spiro atoms. The number of amides is 2. The second kappa shape index (κ2) is 7.32. The molecule has 2 aromatic carbocycles. The van der Waals surface area contributed by atoms with Gasteiger partial charge >= 0.3 is 0 Å². The number of para-hydroxylation sites is 2. The molecule has 1 saturated carbocycles. The smallest absolute Gasteiger partial charge is 0.242 e. The topological polar surface area (TPSA) is 49.4 Å². The number of aryl methyl sites for hydroxylation is 2. The average molecular weight is 350 g/mol. The minimum Gasteiger partial charge on any atom is -0.325 e. The molecule has 1 fully saturated rings. The number of anilines is 2. The number of carbonyl (C=O) groups excluding carboxylic acids is 2. The predicted octanol–water partition coefficient (Wildman–Crippen LogP) is 4.19. The van der Waals surface area contributed by atoms with Gasteiger partial charge in [0.05, 0.1) is 0 Å². The Morgan fingerprint density at radius 2 is 1.54 bits per heavy atom. The van der Waals surface area contributed by atoms with Crippen molar-refractivity contribution in [3.8, 4) is 0 Å². The molecular formula is C22H26N2O2. The Morgan fingerprint density at radius 1 is 0.962 bits per heavy atom. The zero-order chi connectivity index (χ0) is 18.7. The highest BCUT2D eigenvalue weighted by Crippen LogP contribution is 2.48. The van der Waals surface area contributed by atoms with Crippen LogP contribution in [0.2, 0.25) is 0 Å². The molecule has 2 aromatic rings. The van der Waals surface area contributed by atoms with E-state index in [2.05, 4.69) is 19.2 Å². The quantitative estimate of drug-likeness (QED) is 0.794. The molecule has 0 aromatic heterocycles. The maximum Gasteiger partial charge on any atom is 0.242 e. The van der Waals surface area contributed by atoms with Crippen molar-refractivity contribution in [1.82, 2.24) is 0 Å². The van der Waals surface area contributed by atoms with Crippen molar-refractivity contribution in [3.63, 3.8) is 0 Å². The van der Waals surface area contributed by atoms with E-state index >= 15 is 0 Å². The van der Waals surface area contributed by atoms with E-state index in [1.165, 1.54) is 0 Å². The van der Waals surface area contributed by atoms with Crippen LogP contribution in [-0.2, 0) is 22.4 Å². The predicted molar refractivity (Wildman–Crippen MR) is 105 cm³/mol. The fraction of sp³-hybridized carbons (Fsp3) is 0.364. The molecule has 4 heteroatoms. The van der Waals surface area contributed by atoms with Crippen molar-refractivity contribution >= 4 is 23.2 Å². The van der Waals surface area contributed by atoms with Crippen LogP contribution >= 0.6 is 0 Å². The Kier molecular flexibility index (Phi) is 5.12. The van der Waals surface area contributed by atoms with Crippen molar-refractivity contribution in [3.05, 3.63) is 59.7 Å². The number of hydrogen-bond donors (Lipinski definition) is 1. The van der Waals surface area contributed by atoms with Crippen LogP contribution in [-0.4, -0.2) is 18.9 Å². The maximum absolute atomic E-state index is 13.1. The summed E-state index contributed by atoms with van der Waals surface area (Å²) in [5, 5.41) is 3.08. The van der Waals surface area contributed by atoms with Crippen LogP contribution in [0.1, 0.15) is 37.8 Å². The van der Waals surface area contributed by atoms with Crippen LogP contribution < -0.4 is 10.2 Å². The van der Waals surface area contributed by atoms with Gasteiger partial charge in [-0.1, -0.05) is 50.2 Å². The zero-order valence-corrected chi connectivity index (χ0v) is 15.7. The molecule has 0 atom stereocenters. The van der Waals surface area contributed by atoms with Crippen LogP contribution in [0.5, 0.6) is 0 Å². The highest BCUT2D eigenvalue weighted by Gasteiger charge is 2.57. The first kappa shape index (κ1) is 18.2. The zero-order valence-electron chi connectivity index (χ0n) is 15.7. The number of benzene rings is 2. The summed E-state index contributed by atoms with van der Waals surface area (Å²) in [6.45, 7) is 4.15. The summed E-state index contributed by atoms with van der Waals surface area (Å²) in [5.74, 6) is -0.311. The third-order valence-corrected chi connectivity index (χ3v) is 5.28. The number of nitrogens with one attached hydrogen (secondary N) is 1. The van der Waals surface area contributed by atoms with Gasteiger partial charge in [0, 0.05) is 18.4 Å². The molecule has 26 heavy (non-hydrogen) atoms. The molecule has 136 valence electrons. The van der Waals surface area contributed by atoms with Gasteiger partial charge in [0.15, 0.2) is 0 Å². The third kappa shape index (κ3) is 3.24. The third-order valence-electron chi connectivity index (χ3n) is 5.28. The van der Waals surface area contributed by atoms with Crippen molar-refractivity contribution in [1.29, 1.82) is 0 Å². The molecule has 0 radical (unpaired) electrons. The summed E-state index contributed by atoms with van der Waals surface area (Å²) in [6.07, 6.45) is 2.89. The molecule has 0 heterocycles. The summed E-state index contributed by atoms with van der Waals surface area (Å²) in [5.41, 5.74) is 2.97. The van der Waals surface area contributed by atoms with Gasteiger partial charge in [-0.3, -0.25) is 9.59 Å². The molecule has 2 amide bonds. The van der Waals surface area contributed by atoms with Gasteiger partial charge in [-0.15, -0.1) is 0 Å². The number of rotatable bonds is 6. The van der Waals surface area contributed by atoms with Crippen LogP contribution in [0.15, 0.2) is 48.5 Å². The lowest BCUT2D eigenvalue weighted by atomic mass is 10.00. The summed E-state index contributed by atoms with van der Waals surface area (Å²) in [4.78, 5) is 27.7. The molecule has 1 N–H and O–H groups in total. The second-order valence-electron chi connectivity index (χ2n) is 6.89. The number of hydrogen-bond acceptors (Lipinski definition) is 2. The first-order valence-corrected chi connectivity index (χ1v) is 9.29. The summed E-state index contributed by atoms with van der Waals surface area (Å²) < 4.78 is 0. The van der Waals surface area contributed by atoms with E-state index < -0.39 is 5.41 Å². The lowest BCUT2D eigenvalue weighted by Gasteiger charge is -2.24. The Hall–Kier alpha value is -2.62.